The number of aliphatic hydroxyl groups excluding tert-OH is 1. The number of rotatable bonds is 8. The zero-order valence-corrected chi connectivity index (χ0v) is 13.8. The van der Waals surface area contributed by atoms with Crippen LogP contribution in [0.5, 0.6) is 0 Å². The summed E-state index contributed by atoms with van der Waals surface area (Å²) in [6.45, 7) is 3.57. The zero-order valence-electron chi connectivity index (χ0n) is 13.8. The number of carbonyl (C=O) groups is 1. The molecule has 1 atom stereocenters. The number of carbonyl (C=O) groups excluding carboxylic acids is 1. The highest BCUT2D eigenvalue weighted by atomic mass is 19.1. The molecular formula is C19H23FN2O2. The molecule has 0 heterocycles. The van der Waals surface area contributed by atoms with Gasteiger partial charge in [0.1, 0.15) is 5.82 Å². The Morgan fingerprint density at radius 2 is 1.83 bits per heavy atom. The van der Waals surface area contributed by atoms with Crippen LogP contribution in [0.4, 0.5) is 4.39 Å². The van der Waals surface area contributed by atoms with Crippen LogP contribution in [-0.2, 0) is 11.3 Å². The van der Waals surface area contributed by atoms with Crippen molar-refractivity contribution in [3.8, 4) is 0 Å². The lowest BCUT2D eigenvalue weighted by molar-refractivity contribution is -0.122. The Balaban J connectivity index is 1.81. The maximum Gasteiger partial charge on any atom is 0.234 e. The molecule has 0 aliphatic heterocycles. The third-order valence-corrected chi connectivity index (χ3v) is 3.83. The van der Waals surface area contributed by atoms with Gasteiger partial charge in [-0.05, 0) is 29.8 Å². The second kappa shape index (κ2) is 9.15. The van der Waals surface area contributed by atoms with Crippen molar-refractivity contribution in [2.45, 2.75) is 19.6 Å². The summed E-state index contributed by atoms with van der Waals surface area (Å²) >= 11 is 0. The van der Waals surface area contributed by atoms with Crippen LogP contribution >= 0.6 is 0 Å². The van der Waals surface area contributed by atoms with Crippen LogP contribution < -0.4 is 5.32 Å². The molecule has 128 valence electrons. The number of benzene rings is 2. The molecule has 0 aliphatic rings. The van der Waals surface area contributed by atoms with Crippen LogP contribution in [0.3, 0.4) is 0 Å². The lowest BCUT2D eigenvalue weighted by atomic mass is 10.1. The minimum Gasteiger partial charge on any atom is -0.387 e. The molecule has 0 saturated heterocycles. The van der Waals surface area contributed by atoms with Gasteiger partial charge in [-0.3, -0.25) is 9.69 Å². The number of halogens is 1. The quantitative estimate of drug-likeness (QED) is 0.782. The van der Waals surface area contributed by atoms with Crippen molar-refractivity contribution in [1.29, 1.82) is 0 Å². The first-order valence-corrected chi connectivity index (χ1v) is 8.05. The summed E-state index contributed by atoms with van der Waals surface area (Å²) in [5.41, 5.74) is 1.68. The van der Waals surface area contributed by atoms with Crippen LogP contribution in [0, 0.1) is 5.82 Å². The number of amides is 1. The van der Waals surface area contributed by atoms with Crippen molar-refractivity contribution in [3.63, 3.8) is 0 Å². The third-order valence-electron chi connectivity index (χ3n) is 3.83. The second-order valence-corrected chi connectivity index (χ2v) is 5.66. The fourth-order valence-electron chi connectivity index (χ4n) is 2.39. The lowest BCUT2D eigenvalue weighted by Gasteiger charge is -2.23. The van der Waals surface area contributed by atoms with Crippen molar-refractivity contribution in [1.82, 2.24) is 10.2 Å². The summed E-state index contributed by atoms with van der Waals surface area (Å²) in [4.78, 5) is 13.9. The molecular weight excluding hydrogens is 307 g/mol. The van der Waals surface area contributed by atoms with Crippen molar-refractivity contribution < 1.29 is 14.3 Å². The van der Waals surface area contributed by atoms with E-state index < -0.39 is 6.10 Å². The summed E-state index contributed by atoms with van der Waals surface area (Å²) in [5.74, 6) is -0.418. The third kappa shape index (κ3) is 5.76. The van der Waals surface area contributed by atoms with E-state index in [4.69, 9.17) is 0 Å². The molecule has 2 aromatic carbocycles. The van der Waals surface area contributed by atoms with Gasteiger partial charge in [0, 0.05) is 13.1 Å². The molecule has 0 aromatic heterocycles. The molecule has 2 rings (SSSR count). The van der Waals surface area contributed by atoms with E-state index in [-0.39, 0.29) is 18.3 Å². The smallest absolute Gasteiger partial charge is 0.234 e. The molecule has 1 amide bonds. The van der Waals surface area contributed by atoms with Crippen LogP contribution in [-0.4, -0.2) is 35.5 Å². The minimum absolute atomic E-state index is 0.124. The van der Waals surface area contributed by atoms with Gasteiger partial charge < -0.3 is 10.4 Å². The first kappa shape index (κ1) is 18.1. The first-order chi connectivity index (χ1) is 11.6. The summed E-state index contributed by atoms with van der Waals surface area (Å²) < 4.78 is 12.8. The summed E-state index contributed by atoms with van der Waals surface area (Å²) in [5, 5.41) is 13.1. The van der Waals surface area contributed by atoms with E-state index in [0.29, 0.717) is 19.6 Å². The number of likely N-dealkylation sites (N-methyl/N-ethyl adjacent to an activating group) is 1. The molecule has 2 aromatic rings. The Hall–Kier alpha value is -2.24. The molecule has 2 N–H and O–H groups in total. The van der Waals surface area contributed by atoms with E-state index in [1.54, 1.807) is 12.1 Å². The number of hydrogen-bond acceptors (Lipinski definition) is 3. The number of hydrogen-bond donors (Lipinski definition) is 2. The van der Waals surface area contributed by atoms with Gasteiger partial charge in [0.2, 0.25) is 5.91 Å². The molecule has 4 nitrogen and oxygen atoms in total. The predicted molar refractivity (Wildman–Crippen MR) is 91.8 cm³/mol. The Bertz CT molecular complexity index is 632. The van der Waals surface area contributed by atoms with Gasteiger partial charge in [0.15, 0.2) is 0 Å². The highest BCUT2D eigenvalue weighted by molar-refractivity contribution is 5.78. The van der Waals surface area contributed by atoms with Crippen LogP contribution in [0.25, 0.3) is 0 Å². The fraction of sp³-hybridized carbons (Fsp3) is 0.316. The van der Waals surface area contributed by atoms with Crippen LogP contribution in [0.1, 0.15) is 24.2 Å². The van der Waals surface area contributed by atoms with E-state index >= 15 is 0 Å². The fourth-order valence-corrected chi connectivity index (χ4v) is 2.39. The molecule has 24 heavy (non-hydrogen) atoms. The van der Waals surface area contributed by atoms with E-state index in [0.717, 1.165) is 11.1 Å². The molecule has 0 radical (unpaired) electrons. The number of nitrogens with one attached hydrogen (secondary N) is 1. The normalized spacial score (nSPS) is 12.2. The summed E-state index contributed by atoms with van der Waals surface area (Å²) in [6, 6.07) is 15.4. The van der Waals surface area contributed by atoms with Crippen LogP contribution in [0.15, 0.2) is 54.6 Å². The maximum atomic E-state index is 12.8. The van der Waals surface area contributed by atoms with Crippen molar-refractivity contribution in [2.75, 3.05) is 19.6 Å². The van der Waals surface area contributed by atoms with Gasteiger partial charge in [-0.25, -0.2) is 4.39 Å². The van der Waals surface area contributed by atoms with Gasteiger partial charge >= 0.3 is 0 Å². The Kier molecular flexibility index (Phi) is 6.90. The van der Waals surface area contributed by atoms with Crippen molar-refractivity contribution >= 4 is 5.91 Å². The monoisotopic (exact) mass is 330 g/mol. The minimum atomic E-state index is -0.629. The zero-order chi connectivity index (χ0) is 17.4. The van der Waals surface area contributed by atoms with Crippen LogP contribution in [0.2, 0.25) is 0 Å². The Morgan fingerprint density at radius 3 is 2.46 bits per heavy atom. The SMILES string of the molecule is CCN(CC(=O)NCc1ccc(F)cc1)CC(O)c1ccccc1. The van der Waals surface area contributed by atoms with Gasteiger partial charge in [-0.15, -0.1) is 0 Å². The summed E-state index contributed by atoms with van der Waals surface area (Å²) in [7, 11) is 0. The molecule has 0 saturated carbocycles. The average Bonchev–Trinajstić information content (AvgIpc) is 2.61. The topological polar surface area (TPSA) is 52.6 Å². The summed E-state index contributed by atoms with van der Waals surface area (Å²) in [6.07, 6.45) is -0.629. The maximum absolute atomic E-state index is 12.8. The lowest BCUT2D eigenvalue weighted by Crippen LogP contribution is -2.38. The number of aliphatic hydroxyl groups is 1. The second-order valence-electron chi connectivity index (χ2n) is 5.66. The van der Waals surface area contributed by atoms with Crippen molar-refractivity contribution in [2.24, 2.45) is 0 Å². The molecule has 0 fully saturated rings. The first-order valence-electron chi connectivity index (χ1n) is 8.05. The number of nitrogens with zero attached hydrogens (tertiary/aromatic N) is 1. The van der Waals surface area contributed by atoms with E-state index in [1.165, 1.54) is 12.1 Å². The largest absolute Gasteiger partial charge is 0.387 e. The molecule has 0 spiro atoms. The van der Waals surface area contributed by atoms with Gasteiger partial charge in [0.05, 0.1) is 12.6 Å². The predicted octanol–water partition coefficient (Wildman–Crippen LogP) is 2.50. The molecule has 0 bridgehead atoms. The van der Waals surface area contributed by atoms with E-state index in [2.05, 4.69) is 5.32 Å². The van der Waals surface area contributed by atoms with Gasteiger partial charge in [-0.2, -0.15) is 0 Å². The highest BCUT2D eigenvalue weighted by Gasteiger charge is 2.15. The van der Waals surface area contributed by atoms with E-state index in [9.17, 15) is 14.3 Å². The molecule has 0 aliphatic carbocycles. The Morgan fingerprint density at radius 1 is 1.17 bits per heavy atom. The molecule has 1 unspecified atom stereocenters. The standard InChI is InChI=1S/C19H23FN2O2/c1-2-22(13-18(23)16-6-4-3-5-7-16)14-19(24)21-12-15-8-10-17(20)11-9-15/h3-11,18,23H,2,12-14H2,1H3,(H,21,24). The van der Waals surface area contributed by atoms with Gasteiger partial charge in [-0.1, -0.05) is 49.4 Å². The average molecular weight is 330 g/mol. The molecule has 5 heteroatoms. The Labute approximate surface area is 141 Å². The van der Waals surface area contributed by atoms with E-state index in [1.807, 2.05) is 42.2 Å². The highest BCUT2D eigenvalue weighted by Crippen LogP contribution is 2.13. The van der Waals surface area contributed by atoms with Crippen molar-refractivity contribution in [3.05, 3.63) is 71.5 Å². The van der Waals surface area contributed by atoms with Gasteiger partial charge in [0.25, 0.3) is 0 Å².